The Morgan fingerprint density at radius 2 is 2.08 bits per heavy atom. The Hall–Kier alpha value is -0.650. The molecule has 0 saturated heterocycles. The highest BCUT2D eigenvalue weighted by Gasteiger charge is 2.14. The number of pyridine rings is 1. The number of aryl methyl sites for hydroxylation is 1. The van der Waals surface area contributed by atoms with Gasteiger partial charge in [-0.1, -0.05) is 11.6 Å². The molecule has 0 unspecified atom stereocenters. The van der Waals surface area contributed by atoms with Crippen molar-refractivity contribution < 1.29 is 8.42 Å². The number of hydrogen-bond donors (Lipinski definition) is 1. The van der Waals surface area contributed by atoms with Crippen LogP contribution in [0.3, 0.4) is 0 Å². The number of nitrogens with one attached hydrogen (secondary N) is 1. The van der Waals surface area contributed by atoms with Gasteiger partial charge in [0.2, 0.25) is 10.0 Å². The zero-order chi connectivity index (χ0) is 10.1. The monoisotopic (exact) mass is 220 g/mol. The second-order valence-electron chi connectivity index (χ2n) is 2.43. The summed E-state index contributed by atoms with van der Waals surface area (Å²) in [7, 11) is -2.07. The van der Waals surface area contributed by atoms with Gasteiger partial charge < -0.3 is 0 Å². The fourth-order valence-corrected chi connectivity index (χ4v) is 2.00. The minimum absolute atomic E-state index is 0.152. The molecule has 0 fully saturated rings. The number of nitrogens with zero attached hydrogens (tertiary/aromatic N) is 1. The summed E-state index contributed by atoms with van der Waals surface area (Å²) < 4.78 is 24.9. The zero-order valence-electron chi connectivity index (χ0n) is 7.20. The largest absolute Gasteiger partial charge is 0.242 e. The molecule has 4 nitrogen and oxygen atoms in total. The lowest BCUT2D eigenvalue weighted by Crippen LogP contribution is -2.19. The number of sulfonamides is 1. The van der Waals surface area contributed by atoms with E-state index < -0.39 is 10.0 Å². The summed E-state index contributed by atoms with van der Waals surface area (Å²) in [6.07, 6.45) is 0. The first-order valence-corrected chi connectivity index (χ1v) is 5.40. The third kappa shape index (κ3) is 2.18. The first kappa shape index (κ1) is 10.4. The molecule has 0 aliphatic heterocycles. The molecule has 6 heteroatoms. The minimum Gasteiger partial charge on any atom is -0.240 e. The molecule has 72 valence electrons. The van der Waals surface area contributed by atoms with Gasteiger partial charge >= 0.3 is 0 Å². The van der Waals surface area contributed by atoms with Gasteiger partial charge in [-0.15, -0.1) is 0 Å². The first-order chi connectivity index (χ1) is 5.97. The Balaban J connectivity index is 3.33. The normalized spacial score (nSPS) is 11.6. The number of hydrogen-bond acceptors (Lipinski definition) is 3. The Labute approximate surface area is 82.0 Å². The molecule has 1 N–H and O–H groups in total. The molecule has 0 amide bonds. The van der Waals surface area contributed by atoms with Crippen molar-refractivity contribution in [1.82, 2.24) is 9.71 Å². The van der Waals surface area contributed by atoms with E-state index in [9.17, 15) is 8.42 Å². The maximum absolute atomic E-state index is 11.3. The summed E-state index contributed by atoms with van der Waals surface area (Å²) in [6.45, 7) is 1.59. The zero-order valence-corrected chi connectivity index (χ0v) is 8.78. The van der Waals surface area contributed by atoms with Crippen molar-refractivity contribution in [2.75, 3.05) is 7.05 Å². The van der Waals surface area contributed by atoms with Crippen LogP contribution in [-0.2, 0) is 10.0 Å². The summed E-state index contributed by atoms with van der Waals surface area (Å²) in [6, 6.07) is 2.87. The SMILES string of the molecule is CNS(=O)(=O)c1ccc(Cl)nc1C. The van der Waals surface area contributed by atoms with Crippen LogP contribution in [-0.4, -0.2) is 20.4 Å². The average molecular weight is 221 g/mol. The van der Waals surface area contributed by atoms with Crippen LogP contribution in [0.1, 0.15) is 5.69 Å². The number of rotatable bonds is 2. The lowest BCUT2D eigenvalue weighted by molar-refractivity contribution is 0.587. The van der Waals surface area contributed by atoms with Gasteiger partial charge in [0, 0.05) is 0 Å². The molecule has 0 atom stereocenters. The van der Waals surface area contributed by atoms with E-state index in [-0.39, 0.29) is 10.0 Å². The number of halogens is 1. The molecule has 0 bridgehead atoms. The van der Waals surface area contributed by atoms with Crippen molar-refractivity contribution >= 4 is 21.6 Å². The highest BCUT2D eigenvalue weighted by atomic mass is 35.5. The smallest absolute Gasteiger partial charge is 0.240 e. The fourth-order valence-electron chi connectivity index (χ4n) is 0.912. The van der Waals surface area contributed by atoms with Gasteiger partial charge in [0.25, 0.3) is 0 Å². The van der Waals surface area contributed by atoms with Crippen LogP contribution in [0.5, 0.6) is 0 Å². The van der Waals surface area contributed by atoms with Gasteiger partial charge in [0.15, 0.2) is 0 Å². The van der Waals surface area contributed by atoms with Gasteiger partial charge in [-0.25, -0.2) is 18.1 Å². The predicted molar refractivity (Wildman–Crippen MR) is 50.2 cm³/mol. The second-order valence-corrected chi connectivity index (χ2v) is 4.67. The van der Waals surface area contributed by atoms with Crippen LogP contribution >= 0.6 is 11.6 Å². The van der Waals surface area contributed by atoms with Crippen molar-refractivity contribution in [2.45, 2.75) is 11.8 Å². The van der Waals surface area contributed by atoms with Crippen LogP contribution in [0.15, 0.2) is 17.0 Å². The lowest BCUT2D eigenvalue weighted by atomic mass is 10.4. The van der Waals surface area contributed by atoms with E-state index in [0.717, 1.165) is 0 Å². The van der Waals surface area contributed by atoms with Crippen molar-refractivity contribution in [3.63, 3.8) is 0 Å². The fraction of sp³-hybridized carbons (Fsp3) is 0.286. The molecule has 0 aliphatic rings. The Morgan fingerprint density at radius 1 is 1.46 bits per heavy atom. The van der Waals surface area contributed by atoms with Crippen LogP contribution in [0, 0.1) is 6.92 Å². The topological polar surface area (TPSA) is 59.1 Å². The quantitative estimate of drug-likeness (QED) is 0.755. The van der Waals surface area contributed by atoms with Crippen LogP contribution in [0.2, 0.25) is 5.15 Å². The summed E-state index contributed by atoms with van der Waals surface area (Å²) in [5, 5.41) is 0.285. The molecular weight excluding hydrogens is 212 g/mol. The summed E-state index contributed by atoms with van der Waals surface area (Å²) in [5.74, 6) is 0. The van der Waals surface area contributed by atoms with Crippen LogP contribution in [0.25, 0.3) is 0 Å². The highest BCUT2D eigenvalue weighted by molar-refractivity contribution is 7.89. The van der Waals surface area contributed by atoms with E-state index >= 15 is 0 Å². The van der Waals surface area contributed by atoms with Gasteiger partial charge in [-0.2, -0.15) is 0 Å². The molecule has 0 aromatic carbocycles. The molecule has 13 heavy (non-hydrogen) atoms. The van der Waals surface area contributed by atoms with Gasteiger partial charge in [-0.3, -0.25) is 0 Å². The van der Waals surface area contributed by atoms with Crippen molar-refractivity contribution in [3.05, 3.63) is 23.0 Å². The average Bonchev–Trinajstić information content (AvgIpc) is 2.03. The molecule has 1 aromatic heterocycles. The van der Waals surface area contributed by atoms with Crippen LogP contribution in [0.4, 0.5) is 0 Å². The van der Waals surface area contributed by atoms with E-state index in [1.165, 1.54) is 19.2 Å². The van der Waals surface area contributed by atoms with Crippen molar-refractivity contribution in [2.24, 2.45) is 0 Å². The maximum Gasteiger partial charge on any atom is 0.242 e. The first-order valence-electron chi connectivity index (χ1n) is 3.54. The molecule has 0 aliphatic carbocycles. The van der Waals surface area contributed by atoms with Crippen molar-refractivity contribution in [3.8, 4) is 0 Å². The number of aromatic nitrogens is 1. The van der Waals surface area contributed by atoms with E-state index in [1.807, 2.05) is 0 Å². The van der Waals surface area contributed by atoms with E-state index in [0.29, 0.717) is 5.69 Å². The van der Waals surface area contributed by atoms with E-state index in [2.05, 4.69) is 9.71 Å². The van der Waals surface area contributed by atoms with Gasteiger partial charge in [0.05, 0.1) is 5.69 Å². The lowest BCUT2D eigenvalue weighted by Gasteiger charge is -2.04. The Kier molecular flexibility index (Phi) is 2.90. The molecular formula is C7H9ClN2O2S. The molecule has 1 aromatic rings. The Bertz CT molecular complexity index is 417. The summed E-state index contributed by atoms with van der Waals surface area (Å²) >= 11 is 5.58. The highest BCUT2D eigenvalue weighted by Crippen LogP contribution is 2.15. The standard InChI is InChI=1S/C7H9ClN2O2S/c1-5-6(13(11,12)9-2)3-4-7(8)10-5/h3-4,9H,1-2H3. The molecule has 0 saturated carbocycles. The Morgan fingerprint density at radius 3 is 2.54 bits per heavy atom. The van der Waals surface area contributed by atoms with Crippen LogP contribution < -0.4 is 4.72 Å². The van der Waals surface area contributed by atoms with E-state index in [4.69, 9.17) is 11.6 Å². The molecule has 1 heterocycles. The van der Waals surface area contributed by atoms with E-state index in [1.54, 1.807) is 6.92 Å². The maximum atomic E-state index is 11.3. The van der Waals surface area contributed by atoms with Gasteiger partial charge in [-0.05, 0) is 26.1 Å². The third-order valence-electron chi connectivity index (χ3n) is 1.56. The second kappa shape index (κ2) is 3.61. The summed E-state index contributed by atoms with van der Waals surface area (Å²) in [5.41, 5.74) is 0.391. The summed E-state index contributed by atoms with van der Waals surface area (Å²) in [4.78, 5) is 3.99. The molecule has 0 radical (unpaired) electrons. The predicted octanol–water partition coefficient (Wildman–Crippen LogP) is 0.952. The molecule has 1 rings (SSSR count). The minimum atomic E-state index is -3.42. The molecule has 0 spiro atoms. The van der Waals surface area contributed by atoms with Crippen molar-refractivity contribution in [1.29, 1.82) is 0 Å². The third-order valence-corrected chi connectivity index (χ3v) is 3.32. The van der Waals surface area contributed by atoms with Gasteiger partial charge in [0.1, 0.15) is 10.0 Å².